The fourth-order valence-corrected chi connectivity index (χ4v) is 4.92. The molecule has 0 amide bonds. The van der Waals surface area contributed by atoms with Gasteiger partial charge in [-0.3, -0.25) is 9.66 Å². The van der Waals surface area contributed by atoms with Crippen LogP contribution in [0, 0.1) is 17.2 Å². The number of nitriles is 1. The quantitative estimate of drug-likeness (QED) is 0.327. The Morgan fingerprint density at radius 3 is 3.00 bits per heavy atom. The highest BCUT2D eigenvalue weighted by atomic mass is 35.5. The molecule has 1 saturated heterocycles. The standard InChI is InChI=1S/C21H22Cl2N5O3P/c22-18-5-4-16-17(15-10-25-26-11-15)9-19(27-21(16)20(18)23)28-7-1-3-14(12-28)13-31-32(29)30-8-2-6-24/h4-5,9-11,14,32H,1-3,7-8,12-13H2,(H,25,26). The molecular weight excluding hydrogens is 472 g/mol. The predicted octanol–water partition coefficient (Wildman–Crippen LogP) is 5.48. The van der Waals surface area contributed by atoms with Crippen LogP contribution in [0.4, 0.5) is 5.82 Å². The number of fused-ring (bicyclic) bond motifs is 1. The lowest BCUT2D eigenvalue weighted by Crippen LogP contribution is -2.37. The molecule has 0 spiro atoms. The number of benzene rings is 1. The minimum absolute atomic E-state index is 0.117. The molecule has 0 saturated carbocycles. The normalized spacial score (nSPS) is 17.4. The summed E-state index contributed by atoms with van der Waals surface area (Å²) < 4.78 is 22.3. The molecule has 2 unspecified atom stereocenters. The number of rotatable bonds is 8. The number of nitrogens with one attached hydrogen (secondary N) is 1. The number of piperidine rings is 1. The van der Waals surface area contributed by atoms with Gasteiger partial charge in [0.05, 0.1) is 47.5 Å². The first-order valence-electron chi connectivity index (χ1n) is 10.3. The molecule has 1 fully saturated rings. The van der Waals surface area contributed by atoms with Gasteiger partial charge in [-0.2, -0.15) is 10.4 Å². The zero-order valence-electron chi connectivity index (χ0n) is 17.2. The zero-order chi connectivity index (χ0) is 22.5. The average molecular weight is 494 g/mol. The van der Waals surface area contributed by atoms with E-state index in [1.165, 1.54) is 0 Å². The molecule has 2 atom stereocenters. The first-order valence-corrected chi connectivity index (χ1v) is 12.2. The fraction of sp³-hybridized carbons (Fsp3) is 0.381. The summed E-state index contributed by atoms with van der Waals surface area (Å²) in [7, 11) is -2.59. The highest BCUT2D eigenvalue weighted by molar-refractivity contribution is 7.33. The summed E-state index contributed by atoms with van der Waals surface area (Å²) in [5.74, 6) is 0.975. The summed E-state index contributed by atoms with van der Waals surface area (Å²) in [5, 5.41) is 17.2. The Morgan fingerprint density at radius 1 is 1.34 bits per heavy atom. The van der Waals surface area contributed by atoms with Gasteiger partial charge in [0.15, 0.2) is 0 Å². The maximum atomic E-state index is 11.9. The smallest absolute Gasteiger partial charge is 0.319 e. The van der Waals surface area contributed by atoms with Crippen LogP contribution in [0.5, 0.6) is 0 Å². The van der Waals surface area contributed by atoms with Crippen molar-refractivity contribution in [2.45, 2.75) is 19.3 Å². The summed E-state index contributed by atoms with van der Waals surface area (Å²) in [6, 6.07) is 7.67. The summed E-state index contributed by atoms with van der Waals surface area (Å²) in [6.07, 6.45) is 5.69. The molecule has 0 bridgehead atoms. The van der Waals surface area contributed by atoms with Crippen molar-refractivity contribution in [2.24, 2.45) is 5.92 Å². The topological polar surface area (TPSA) is 104 Å². The lowest BCUT2D eigenvalue weighted by atomic mass is 9.98. The van der Waals surface area contributed by atoms with Gasteiger partial charge in [-0.25, -0.2) is 4.98 Å². The van der Waals surface area contributed by atoms with Crippen LogP contribution in [-0.4, -0.2) is 41.5 Å². The third-order valence-electron chi connectivity index (χ3n) is 5.38. The van der Waals surface area contributed by atoms with E-state index in [1.54, 1.807) is 12.3 Å². The fourth-order valence-electron chi connectivity index (χ4n) is 3.84. The molecule has 1 N–H and O–H groups in total. The predicted molar refractivity (Wildman–Crippen MR) is 125 cm³/mol. The minimum atomic E-state index is -2.59. The van der Waals surface area contributed by atoms with Crippen LogP contribution in [0.15, 0.2) is 30.6 Å². The summed E-state index contributed by atoms with van der Waals surface area (Å²) in [5.41, 5.74) is 2.54. The zero-order valence-corrected chi connectivity index (χ0v) is 19.7. The van der Waals surface area contributed by atoms with Crippen LogP contribution < -0.4 is 4.90 Å². The highest BCUT2D eigenvalue weighted by Gasteiger charge is 2.24. The maximum absolute atomic E-state index is 11.9. The molecule has 4 rings (SSSR count). The van der Waals surface area contributed by atoms with E-state index in [0.29, 0.717) is 28.7 Å². The number of anilines is 1. The van der Waals surface area contributed by atoms with Crippen molar-refractivity contribution in [3.05, 3.63) is 40.6 Å². The number of aromatic amines is 1. The van der Waals surface area contributed by atoms with Gasteiger partial charge < -0.3 is 13.9 Å². The maximum Gasteiger partial charge on any atom is 0.319 e. The van der Waals surface area contributed by atoms with Crippen molar-refractivity contribution in [3.63, 3.8) is 0 Å². The summed E-state index contributed by atoms with van der Waals surface area (Å²) in [6.45, 7) is 1.99. The van der Waals surface area contributed by atoms with E-state index in [0.717, 1.165) is 41.7 Å². The molecule has 11 heteroatoms. The second kappa shape index (κ2) is 10.7. The van der Waals surface area contributed by atoms with Crippen molar-refractivity contribution in [1.29, 1.82) is 5.26 Å². The van der Waals surface area contributed by atoms with Crippen LogP contribution in [0.25, 0.3) is 22.0 Å². The van der Waals surface area contributed by atoms with E-state index in [2.05, 4.69) is 15.1 Å². The highest BCUT2D eigenvalue weighted by Crippen LogP contribution is 2.38. The number of aromatic nitrogens is 3. The van der Waals surface area contributed by atoms with Gasteiger partial charge in [0.2, 0.25) is 0 Å². The largest absolute Gasteiger partial charge is 0.356 e. The van der Waals surface area contributed by atoms with Crippen molar-refractivity contribution in [1.82, 2.24) is 15.2 Å². The molecule has 0 radical (unpaired) electrons. The molecule has 0 aliphatic carbocycles. The van der Waals surface area contributed by atoms with E-state index in [-0.39, 0.29) is 18.9 Å². The number of H-pyrrole nitrogens is 1. The van der Waals surface area contributed by atoms with Crippen LogP contribution in [-0.2, 0) is 13.6 Å². The Hall–Kier alpha value is -2.14. The molecule has 2 aromatic heterocycles. The van der Waals surface area contributed by atoms with Gasteiger partial charge in [-0.05, 0) is 30.5 Å². The monoisotopic (exact) mass is 493 g/mol. The van der Waals surface area contributed by atoms with Crippen LogP contribution in [0.1, 0.15) is 19.3 Å². The number of hydrogen-bond donors (Lipinski definition) is 1. The van der Waals surface area contributed by atoms with Gasteiger partial charge in [0, 0.05) is 36.2 Å². The first-order chi connectivity index (χ1) is 15.6. The lowest BCUT2D eigenvalue weighted by molar-refractivity contribution is 0.189. The summed E-state index contributed by atoms with van der Waals surface area (Å²) in [4.78, 5) is 7.02. The third-order valence-corrected chi connectivity index (χ3v) is 7.02. The lowest BCUT2D eigenvalue weighted by Gasteiger charge is -2.33. The Labute approximate surface area is 196 Å². The number of pyridine rings is 1. The molecule has 32 heavy (non-hydrogen) atoms. The van der Waals surface area contributed by atoms with Crippen LogP contribution in [0.2, 0.25) is 10.0 Å². The van der Waals surface area contributed by atoms with E-state index in [1.807, 2.05) is 24.4 Å². The molecule has 8 nitrogen and oxygen atoms in total. The van der Waals surface area contributed by atoms with Crippen molar-refractivity contribution in [2.75, 3.05) is 31.2 Å². The Bertz CT molecular complexity index is 1150. The second-order valence-electron chi connectivity index (χ2n) is 7.54. The van der Waals surface area contributed by atoms with Gasteiger partial charge in [-0.1, -0.05) is 29.3 Å². The molecule has 3 aromatic rings. The number of nitrogens with zero attached hydrogens (tertiary/aromatic N) is 4. The van der Waals surface area contributed by atoms with Gasteiger partial charge in [-0.15, -0.1) is 0 Å². The summed E-state index contributed by atoms with van der Waals surface area (Å²) >= 11 is 12.8. The third kappa shape index (κ3) is 5.25. The van der Waals surface area contributed by atoms with Crippen molar-refractivity contribution in [3.8, 4) is 17.2 Å². The SMILES string of the molecule is N#CCCO[PH](=O)OCC1CCCN(c2cc(-c3cn[nH]c3)c3ccc(Cl)c(Cl)c3n2)C1. The van der Waals surface area contributed by atoms with Crippen LogP contribution in [0.3, 0.4) is 0 Å². The van der Waals surface area contributed by atoms with Gasteiger partial charge in [0.25, 0.3) is 0 Å². The van der Waals surface area contributed by atoms with E-state index >= 15 is 0 Å². The van der Waals surface area contributed by atoms with Gasteiger partial charge in [0.1, 0.15) is 5.82 Å². The Kier molecular flexibility index (Phi) is 7.67. The average Bonchev–Trinajstić information content (AvgIpc) is 3.35. The molecule has 3 heterocycles. The Morgan fingerprint density at radius 2 is 2.22 bits per heavy atom. The molecule has 1 aliphatic heterocycles. The van der Waals surface area contributed by atoms with Crippen molar-refractivity contribution < 1.29 is 13.6 Å². The first kappa shape index (κ1) is 23.0. The van der Waals surface area contributed by atoms with Crippen molar-refractivity contribution >= 4 is 48.2 Å². The molecular formula is C21H22Cl2N5O3P. The molecule has 168 valence electrons. The minimum Gasteiger partial charge on any atom is -0.356 e. The molecule has 1 aromatic carbocycles. The van der Waals surface area contributed by atoms with E-state index in [4.69, 9.17) is 42.5 Å². The molecule has 1 aliphatic rings. The number of hydrogen-bond acceptors (Lipinski definition) is 7. The second-order valence-corrected chi connectivity index (χ2v) is 9.41. The van der Waals surface area contributed by atoms with E-state index < -0.39 is 8.25 Å². The number of halogens is 2. The van der Waals surface area contributed by atoms with Crippen LogP contribution >= 0.6 is 31.5 Å². The van der Waals surface area contributed by atoms with Gasteiger partial charge >= 0.3 is 8.25 Å². The Balaban J connectivity index is 1.56. The van der Waals surface area contributed by atoms with E-state index in [9.17, 15) is 4.57 Å².